The van der Waals surface area contributed by atoms with Gasteiger partial charge in [0.2, 0.25) is 11.8 Å². The summed E-state index contributed by atoms with van der Waals surface area (Å²) in [4.78, 5) is 17.1. The number of imidazole rings is 1. The summed E-state index contributed by atoms with van der Waals surface area (Å²) in [6.07, 6.45) is -0.947. The number of benzene rings is 1. The van der Waals surface area contributed by atoms with Gasteiger partial charge in [0.25, 0.3) is 0 Å². The molecule has 0 bridgehead atoms. The molecule has 1 unspecified atom stereocenters. The Kier molecular flexibility index (Phi) is 5.50. The molecule has 7 nitrogen and oxygen atoms in total. The first-order valence-corrected chi connectivity index (χ1v) is 9.97. The van der Waals surface area contributed by atoms with Crippen molar-refractivity contribution in [2.24, 2.45) is 0 Å². The monoisotopic (exact) mass is 420 g/mol. The molecule has 3 aromatic rings. The van der Waals surface area contributed by atoms with Gasteiger partial charge in [-0.1, -0.05) is 13.3 Å². The number of aryl methyl sites for hydroxylation is 1. The number of nitrogens with zero attached hydrogens (tertiary/aromatic N) is 4. The van der Waals surface area contributed by atoms with Crippen molar-refractivity contribution >= 4 is 28.5 Å². The van der Waals surface area contributed by atoms with Gasteiger partial charge in [-0.2, -0.15) is 18.2 Å². The van der Waals surface area contributed by atoms with E-state index in [4.69, 9.17) is 0 Å². The zero-order valence-electron chi connectivity index (χ0n) is 16.5. The van der Waals surface area contributed by atoms with Crippen molar-refractivity contribution in [3.05, 3.63) is 35.8 Å². The normalized spacial score (nSPS) is 17.1. The van der Waals surface area contributed by atoms with Crippen molar-refractivity contribution < 1.29 is 18.3 Å². The summed E-state index contributed by atoms with van der Waals surface area (Å²) in [5, 5.41) is 12.7. The molecule has 10 heteroatoms. The second kappa shape index (κ2) is 8.10. The summed E-state index contributed by atoms with van der Waals surface area (Å²) in [5.74, 6) is 0.0890. The summed E-state index contributed by atoms with van der Waals surface area (Å²) in [7, 11) is 0. The number of aromatic nitrogens is 4. The van der Waals surface area contributed by atoms with Crippen molar-refractivity contribution in [1.29, 1.82) is 0 Å². The molecule has 0 amide bonds. The molecule has 2 aromatic heterocycles. The summed E-state index contributed by atoms with van der Waals surface area (Å²) >= 11 is 0. The fourth-order valence-electron chi connectivity index (χ4n) is 3.75. The van der Waals surface area contributed by atoms with Crippen LogP contribution in [0.3, 0.4) is 0 Å². The van der Waals surface area contributed by atoms with Crippen LogP contribution in [0.4, 0.5) is 30.6 Å². The summed E-state index contributed by atoms with van der Waals surface area (Å²) in [6, 6.07) is 6.69. The minimum absolute atomic E-state index is 0.0318. The number of hydrogen-bond donors (Lipinski definition) is 3. The number of aliphatic hydroxyl groups is 1. The van der Waals surface area contributed by atoms with Gasteiger partial charge < -0.3 is 20.3 Å². The van der Waals surface area contributed by atoms with E-state index in [0.717, 1.165) is 43.7 Å². The SMILES string of the molecule is CCCc1cc(N2CCCC2CO)nc(Nc2ccc3nc(C(F)(F)F)[nH]c3c2)n1. The number of aliphatic hydroxyl groups excluding tert-OH is 1. The molecule has 1 fully saturated rings. The molecule has 4 rings (SSSR count). The second-order valence-electron chi connectivity index (χ2n) is 7.40. The Balaban J connectivity index is 1.64. The third-order valence-corrected chi connectivity index (χ3v) is 5.16. The molecule has 1 aromatic carbocycles. The van der Waals surface area contributed by atoms with E-state index >= 15 is 0 Å². The van der Waals surface area contributed by atoms with Gasteiger partial charge in [-0.15, -0.1) is 0 Å². The Morgan fingerprint density at radius 2 is 2.07 bits per heavy atom. The molecule has 0 saturated carbocycles. The highest BCUT2D eigenvalue weighted by Crippen LogP contribution is 2.30. The van der Waals surface area contributed by atoms with Crippen LogP contribution in [0.1, 0.15) is 37.7 Å². The van der Waals surface area contributed by atoms with E-state index in [2.05, 4.69) is 37.1 Å². The number of alkyl halides is 3. The van der Waals surface area contributed by atoms with Gasteiger partial charge in [0, 0.05) is 24.0 Å². The van der Waals surface area contributed by atoms with Crippen LogP contribution in [0.15, 0.2) is 24.3 Å². The molecule has 30 heavy (non-hydrogen) atoms. The second-order valence-corrected chi connectivity index (χ2v) is 7.40. The molecule has 3 heterocycles. The molecule has 0 aliphatic carbocycles. The van der Waals surface area contributed by atoms with Crippen LogP contribution in [0.5, 0.6) is 0 Å². The molecule has 0 spiro atoms. The molecule has 1 aliphatic rings. The minimum atomic E-state index is -4.53. The number of rotatable bonds is 6. The lowest BCUT2D eigenvalue weighted by molar-refractivity contribution is -0.144. The Bertz CT molecular complexity index is 1040. The third kappa shape index (κ3) is 4.18. The molecule has 3 N–H and O–H groups in total. The first-order chi connectivity index (χ1) is 14.4. The fraction of sp³-hybridized carbons (Fsp3) is 0.450. The van der Waals surface area contributed by atoms with Gasteiger partial charge in [-0.25, -0.2) is 9.97 Å². The average molecular weight is 420 g/mol. The van der Waals surface area contributed by atoms with Gasteiger partial charge in [-0.05, 0) is 37.5 Å². The largest absolute Gasteiger partial charge is 0.449 e. The predicted octanol–water partition coefficient (Wildman–Crippen LogP) is 4.03. The van der Waals surface area contributed by atoms with Crippen molar-refractivity contribution in [2.75, 3.05) is 23.4 Å². The maximum absolute atomic E-state index is 12.9. The smallest absolute Gasteiger partial charge is 0.394 e. The number of hydrogen-bond acceptors (Lipinski definition) is 6. The average Bonchev–Trinajstić information content (AvgIpc) is 3.34. The fourth-order valence-corrected chi connectivity index (χ4v) is 3.75. The minimum Gasteiger partial charge on any atom is -0.394 e. The number of anilines is 3. The maximum atomic E-state index is 12.9. The van der Waals surface area contributed by atoms with Crippen LogP contribution in [-0.4, -0.2) is 44.2 Å². The van der Waals surface area contributed by atoms with Crippen molar-refractivity contribution in [2.45, 2.75) is 44.8 Å². The van der Waals surface area contributed by atoms with E-state index in [1.165, 1.54) is 6.07 Å². The zero-order chi connectivity index (χ0) is 21.3. The van der Waals surface area contributed by atoms with Crippen molar-refractivity contribution in [3.8, 4) is 0 Å². The van der Waals surface area contributed by atoms with E-state index < -0.39 is 12.0 Å². The molecule has 1 aliphatic heterocycles. The van der Waals surface area contributed by atoms with Crippen molar-refractivity contribution in [3.63, 3.8) is 0 Å². The number of fused-ring (bicyclic) bond motifs is 1. The first-order valence-electron chi connectivity index (χ1n) is 9.97. The lowest BCUT2D eigenvalue weighted by Gasteiger charge is -2.25. The van der Waals surface area contributed by atoms with Gasteiger partial charge in [0.15, 0.2) is 0 Å². The highest BCUT2D eigenvalue weighted by atomic mass is 19.4. The topological polar surface area (TPSA) is 90.0 Å². The van der Waals surface area contributed by atoms with Crippen molar-refractivity contribution in [1.82, 2.24) is 19.9 Å². The Hall–Kier alpha value is -2.88. The van der Waals surface area contributed by atoms with E-state index in [1.807, 2.05) is 6.07 Å². The Morgan fingerprint density at radius 3 is 2.80 bits per heavy atom. The summed E-state index contributed by atoms with van der Waals surface area (Å²) in [5.41, 5.74) is 1.93. The lowest BCUT2D eigenvalue weighted by Crippen LogP contribution is -2.33. The number of aromatic amines is 1. The van der Waals surface area contributed by atoms with E-state index in [-0.39, 0.29) is 23.7 Å². The van der Waals surface area contributed by atoms with Crippen LogP contribution in [-0.2, 0) is 12.6 Å². The Labute approximate surface area is 171 Å². The van der Waals surface area contributed by atoms with Crippen LogP contribution < -0.4 is 10.2 Å². The van der Waals surface area contributed by atoms with Crippen LogP contribution in [0, 0.1) is 0 Å². The number of halogens is 3. The van der Waals surface area contributed by atoms with Crippen LogP contribution in [0.2, 0.25) is 0 Å². The first kappa shape index (κ1) is 20.4. The molecule has 160 valence electrons. The standard InChI is InChI=1S/C20H23F3N6O/c1-2-4-12-10-17(29-8-3-5-14(29)11-30)28-19(24-12)25-13-6-7-15-16(9-13)27-18(26-15)20(21,22)23/h6-7,9-10,14,30H,2-5,8,11H2,1H3,(H,26,27)(H,24,25,28). The third-order valence-electron chi connectivity index (χ3n) is 5.16. The molecule has 1 saturated heterocycles. The molecular weight excluding hydrogens is 397 g/mol. The lowest BCUT2D eigenvalue weighted by atomic mass is 10.2. The van der Waals surface area contributed by atoms with Gasteiger partial charge >= 0.3 is 6.18 Å². The quantitative estimate of drug-likeness (QED) is 0.558. The Morgan fingerprint density at radius 1 is 1.23 bits per heavy atom. The zero-order valence-corrected chi connectivity index (χ0v) is 16.5. The maximum Gasteiger partial charge on any atom is 0.449 e. The number of nitrogens with one attached hydrogen (secondary N) is 2. The summed E-state index contributed by atoms with van der Waals surface area (Å²) < 4.78 is 38.7. The predicted molar refractivity (Wildman–Crippen MR) is 108 cm³/mol. The van der Waals surface area contributed by atoms with Crippen LogP contribution >= 0.6 is 0 Å². The molecule has 0 radical (unpaired) electrons. The van der Waals surface area contributed by atoms with Crippen LogP contribution in [0.25, 0.3) is 11.0 Å². The van der Waals surface area contributed by atoms with E-state index in [0.29, 0.717) is 11.6 Å². The summed E-state index contributed by atoms with van der Waals surface area (Å²) in [6.45, 7) is 2.94. The van der Waals surface area contributed by atoms with Gasteiger partial charge in [-0.3, -0.25) is 0 Å². The molecular formula is C20H23F3N6O. The molecule has 1 atom stereocenters. The van der Waals surface area contributed by atoms with E-state index in [9.17, 15) is 18.3 Å². The highest BCUT2D eigenvalue weighted by Gasteiger charge is 2.34. The van der Waals surface area contributed by atoms with Gasteiger partial charge in [0.05, 0.1) is 23.7 Å². The number of H-pyrrole nitrogens is 1. The van der Waals surface area contributed by atoms with Gasteiger partial charge in [0.1, 0.15) is 5.82 Å². The van der Waals surface area contributed by atoms with E-state index in [1.54, 1.807) is 12.1 Å². The highest BCUT2D eigenvalue weighted by molar-refractivity contribution is 5.80.